The van der Waals surface area contributed by atoms with Gasteiger partial charge in [0.2, 0.25) is 5.91 Å². The minimum Gasteiger partial charge on any atom is -0.342 e. The molecule has 2 fully saturated rings. The highest BCUT2D eigenvalue weighted by molar-refractivity contribution is 5.76. The Morgan fingerprint density at radius 3 is 2.75 bits per heavy atom. The lowest BCUT2D eigenvalue weighted by Crippen LogP contribution is -2.47. The maximum Gasteiger partial charge on any atom is 0.222 e. The van der Waals surface area contributed by atoms with Crippen molar-refractivity contribution in [1.82, 2.24) is 19.6 Å². The maximum atomic E-state index is 12.8. The Hall–Kier alpha value is -2.14. The van der Waals surface area contributed by atoms with E-state index in [0.29, 0.717) is 17.7 Å². The molecule has 1 amide bonds. The normalized spacial score (nSPS) is 22.8. The van der Waals surface area contributed by atoms with E-state index in [2.05, 4.69) is 40.2 Å². The predicted molar refractivity (Wildman–Crippen MR) is 111 cm³/mol. The summed E-state index contributed by atoms with van der Waals surface area (Å²) in [5, 5.41) is 4.40. The number of piperidine rings is 1. The molecule has 3 heterocycles. The molecular weight excluding hydrogens is 348 g/mol. The summed E-state index contributed by atoms with van der Waals surface area (Å²) in [6, 6.07) is 10.3. The molecule has 0 N–H and O–H groups in total. The number of nitrogens with zero attached hydrogens (tertiary/aromatic N) is 4. The minimum absolute atomic E-state index is 0.293. The second-order valence-electron chi connectivity index (χ2n) is 8.57. The van der Waals surface area contributed by atoms with Crippen molar-refractivity contribution in [3.05, 3.63) is 53.9 Å². The molecule has 0 bridgehead atoms. The van der Waals surface area contributed by atoms with Gasteiger partial charge in [0.15, 0.2) is 0 Å². The fraction of sp³-hybridized carbons (Fsp3) is 0.565. The number of carbonyl (C=O) groups excluding carboxylic acids is 1. The third-order valence-corrected chi connectivity index (χ3v) is 6.42. The molecule has 2 aromatic rings. The van der Waals surface area contributed by atoms with Crippen molar-refractivity contribution in [1.29, 1.82) is 0 Å². The zero-order valence-corrected chi connectivity index (χ0v) is 17.0. The molecule has 2 saturated heterocycles. The lowest BCUT2D eigenvalue weighted by Gasteiger charge is -2.40. The van der Waals surface area contributed by atoms with E-state index in [1.807, 2.05) is 29.1 Å². The molecule has 2 aliphatic rings. The molecule has 5 nitrogen and oxygen atoms in total. The van der Waals surface area contributed by atoms with Crippen LogP contribution in [0.2, 0.25) is 0 Å². The molecule has 0 radical (unpaired) electrons. The van der Waals surface area contributed by atoms with Crippen LogP contribution in [0.15, 0.2) is 42.7 Å². The van der Waals surface area contributed by atoms with Gasteiger partial charge in [0.1, 0.15) is 0 Å². The van der Waals surface area contributed by atoms with Crippen LogP contribution in [0.3, 0.4) is 0 Å². The molecule has 5 heteroatoms. The van der Waals surface area contributed by atoms with Crippen LogP contribution in [-0.2, 0) is 24.3 Å². The van der Waals surface area contributed by atoms with E-state index in [1.54, 1.807) is 0 Å². The van der Waals surface area contributed by atoms with Crippen molar-refractivity contribution in [2.45, 2.75) is 52.1 Å². The fourth-order valence-electron chi connectivity index (χ4n) is 4.89. The highest BCUT2D eigenvalue weighted by atomic mass is 16.2. The molecule has 28 heavy (non-hydrogen) atoms. The summed E-state index contributed by atoms with van der Waals surface area (Å²) in [6.07, 6.45) is 9.22. The van der Waals surface area contributed by atoms with Gasteiger partial charge in [-0.3, -0.25) is 14.4 Å². The SMILES string of the molecule is CCn1cc(CN2CC[C@@]3(CCCN(C(=O)CCc4ccccc4)C3)C2)cn1. The monoisotopic (exact) mass is 380 g/mol. The first-order valence-electron chi connectivity index (χ1n) is 10.7. The van der Waals surface area contributed by atoms with E-state index in [9.17, 15) is 4.79 Å². The minimum atomic E-state index is 0.293. The second kappa shape index (κ2) is 8.48. The van der Waals surface area contributed by atoms with E-state index >= 15 is 0 Å². The molecule has 0 saturated carbocycles. The number of likely N-dealkylation sites (tertiary alicyclic amines) is 2. The van der Waals surface area contributed by atoms with Crippen molar-refractivity contribution in [3.63, 3.8) is 0 Å². The van der Waals surface area contributed by atoms with Gasteiger partial charge in [-0.15, -0.1) is 0 Å². The largest absolute Gasteiger partial charge is 0.342 e. The van der Waals surface area contributed by atoms with Gasteiger partial charge in [0, 0.05) is 56.3 Å². The van der Waals surface area contributed by atoms with Gasteiger partial charge in [-0.1, -0.05) is 30.3 Å². The molecule has 1 aromatic carbocycles. The summed E-state index contributed by atoms with van der Waals surface area (Å²) < 4.78 is 1.99. The number of rotatable bonds is 6. The summed E-state index contributed by atoms with van der Waals surface area (Å²) in [5.74, 6) is 0.325. The topological polar surface area (TPSA) is 41.4 Å². The summed E-state index contributed by atoms with van der Waals surface area (Å²) in [5.41, 5.74) is 2.84. The van der Waals surface area contributed by atoms with Crippen LogP contribution in [0.25, 0.3) is 0 Å². The fourth-order valence-corrected chi connectivity index (χ4v) is 4.89. The quantitative estimate of drug-likeness (QED) is 0.772. The number of amides is 1. The van der Waals surface area contributed by atoms with E-state index in [4.69, 9.17) is 0 Å². The van der Waals surface area contributed by atoms with Crippen LogP contribution in [0.1, 0.15) is 43.7 Å². The molecule has 1 spiro atoms. The zero-order valence-electron chi connectivity index (χ0n) is 17.0. The Morgan fingerprint density at radius 2 is 1.96 bits per heavy atom. The number of aryl methyl sites for hydroxylation is 2. The zero-order chi connectivity index (χ0) is 19.4. The molecule has 0 unspecified atom stereocenters. The maximum absolute atomic E-state index is 12.8. The number of hydrogen-bond donors (Lipinski definition) is 0. The van der Waals surface area contributed by atoms with Gasteiger partial charge in [-0.05, 0) is 44.7 Å². The standard InChI is InChI=1S/C23H32N4O/c1-2-27-17-21(15-24-27)16-25-14-12-23(18-25)11-6-13-26(19-23)22(28)10-9-20-7-4-3-5-8-20/h3-5,7-8,15,17H,2,6,9-14,16,18-19H2,1H3/t23-/m0/s1. The van der Waals surface area contributed by atoms with Crippen molar-refractivity contribution in [2.24, 2.45) is 5.41 Å². The summed E-state index contributed by atoms with van der Waals surface area (Å²) in [4.78, 5) is 17.5. The van der Waals surface area contributed by atoms with Crippen LogP contribution >= 0.6 is 0 Å². The Morgan fingerprint density at radius 1 is 1.11 bits per heavy atom. The average molecular weight is 381 g/mol. The van der Waals surface area contributed by atoms with Gasteiger partial charge in [0.25, 0.3) is 0 Å². The van der Waals surface area contributed by atoms with Crippen molar-refractivity contribution in [2.75, 3.05) is 26.2 Å². The third-order valence-electron chi connectivity index (χ3n) is 6.42. The van der Waals surface area contributed by atoms with Crippen molar-refractivity contribution < 1.29 is 4.79 Å². The first kappa shape index (κ1) is 19.2. The smallest absolute Gasteiger partial charge is 0.222 e. The Balaban J connectivity index is 1.31. The summed E-state index contributed by atoms with van der Waals surface area (Å²) >= 11 is 0. The highest BCUT2D eigenvalue weighted by Crippen LogP contribution is 2.39. The van der Waals surface area contributed by atoms with Crippen molar-refractivity contribution >= 4 is 5.91 Å². The van der Waals surface area contributed by atoms with E-state index < -0.39 is 0 Å². The average Bonchev–Trinajstić information content (AvgIpc) is 3.34. The predicted octanol–water partition coefficient (Wildman–Crippen LogP) is 3.35. The molecular formula is C23H32N4O. The van der Waals surface area contributed by atoms with Gasteiger partial charge in [-0.25, -0.2) is 0 Å². The number of hydrogen-bond acceptors (Lipinski definition) is 3. The van der Waals surface area contributed by atoms with Crippen LogP contribution in [0.5, 0.6) is 0 Å². The van der Waals surface area contributed by atoms with Crippen LogP contribution in [0.4, 0.5) is 0 Å². The second-order valence-corrected chi connectivity index (χ2v) is 8.57. The number of carbonyl (C=O) groups is 1. The Kier molecular flexibility index (Phi) is 5.81. The summed E-state index contributed by atoms with van der Waals surface area (Å²) in [7, 11) is 0. The van der Waals surface area contributed by atoms with Gasteiger partial charge in [-0.2, -0.15) is 5.10 Å². The number of aromatic nitrogens is 2. The summed E-state index contributed by atoms with van der Waals surface area (Å²) in [6.45, 7) is 8.11. The van der Waals surface area contributed by atoms with Crippen molar-refractivity contribution in [3.8, 4) is 0 Å². The highest BCUT2D eigenvalue weighted by Gasteiger charge is 2.42. The molecule has 150 valence electrons. The molecule has 1 atom stereocenters. The lowest BCUT2D eigenvalue weighted by molar-refractivity contribution is -0.134. The van der Waals surface area contributed by atoms with E-state index in [1.165, 1.54) is 24.0 Å². The van der Waals surface area contributed by atoms with Gasteiger partial charge >= 0.3 is 0 Å². The van der Waals surface area contributed by atoms with Gasteiger partial charge in [0.05, 0.1) is 6.20 Å². The Labute approximate surface area is 168 Å². The van der Waals surface area contributed by atoms with E-state index in [0.717, 1.165) is 52.1 Å². The molecule has 1 aromatic heterocycles. The van der Waals surface area contributed by atoms with Crippen LogP contribution in [-0.4, -0.2) is 51.7 Å². The molecule has 2 aliphatic heterocycles. The van der Waals surface area contributed by atoms with Crippen LogP contribution in [0, 0.1) is 5.41 Å². The molecule has 4 rings (SSSR count). The van der Waals surface area contributed by atoms with E-state index in [-0.39, 0.29) is 0 Å². The first-order valence-corrected chi connectivity index (χ1v) is 10.7. The van der Waals surface area contributed by atoms with Gasteiger partial charge < -0.3 is 4.90 Å². The Bertz CT molecular complexity index is 787. The van der Waals surface area contributed by atoms with Crippen LogP contribution < -0.4 is 0 Å². The first-order chi connectivity index (χ1) is 13.7. The molecule has 0 aliphatic carbocycles. The number of benzene rings is 1. The third kappa shape index (κ3) is 4.46. The lowest BCUT2D eigenvalue weighted by atomic mass is 9.79.